The highest BCUT2D eigenvalue weighted by Gasteiger charge is 2.42. The van der Waals surface area contributed by atoms with Crippen LogP contribution in [0.15, 0.2) is 115 Å². The molecule has 0 aromatic heterocycles. The second-order valence-corrected chi connectivity index (χ2v) is 9.43. The van der Waals surface area contributed by atoms with Gasteiger partial charge in [0.1, 0.15) is 5.69 Å². The van der Waals surface area contributed by atoms with Crippen molar-refractivity contribution in [1.82, 2.24) is 0 Å². The molecule has 2 heterocycles. The lowest BCUT2D eigenvalue weighted by atomic mass is 9.78. The molecular formula is C31H20N4O4. The van der Waals surface area contributed by atoms with E-state index in [1.807, 2.05) is 83.8 Å². The Labute approximate surface area is 223 Å². The lowest BCUT2D eigenvalue weighted by molar-refractivity contribution is -0.385. The minimum Gasteiger partial charge on any atom is -0.306 e. The van der Waals surface area contributed by atoms with Crippen LogP contribution >= 0.6 is 0 Å². The average Bonchev–Trinajstić information content (AvgIpc) is 2.97. The Balaban J connectivity index is 1.58. The molecule has 2 aliphatic heterocycles. The Kier molecular flexibility index (Phi) is 4.96. The van der Waals surface area contributed by atoms with Crippen molar-refractivity contribution in [3.8, 4) is 0 Å². The Morgan fingerprint density at radius 3 is 1.64 bits per heavy atom. The van der Waals surface area contributed by atoms with Gasteiger partial charge in [-0.15, -0.1) is 0 Å². The van der Waals surface area contributed by atoms with Crippen molar-refractivity contribution in [3.63, 3.8) is 0 Å². The third-order valence-corrected chi connectivity index (χ3v) is 7.44. The number of para-hydroxylation sites is 7. The molecule has 188 valence electrons. The summed E-state index contributed by atoms with van der Waals surface area (Å²) in [7, 11) is 0. The Bertz CT molecular complexity index is 1690. The first-order chi connectivity index (χ1) is 19.1. The maximum absolute atomic E-state index is 12.1. The van der Waals surface area contributed by atoms with Crippen LogP contribution in [-0.2, 0) is 0 Å². The van der Waals surface area contributed by atoms with Crippen molar-refractivity contribution in [1.29, 1.82) is 0 Å². The van der Waals surface area contributed by atoms with Crippen LogP contribution in [0, 0.1) is 20.2 Å². The molecule has 0 bridgehead atoms. The van der Waals surface area contributed by atoms with E-state index in [9.17, 15) is 20.2 Å². The van der Waals surface area contributed by atoms with Crippen molar-refractivity contribution < 1.29 is 9.85 Å². The van der Waals surface area contributed by atoms with Gasteiger partial charge in [0.25, 0.3) is 11.4 Å². The molecule has 39 heavy (non-hydrogen) atoms. The SMILES string of the molecule is O=[N+]([O-])c1ccccc1C1c2ccccc2N2c3ccccc3N(c3ccccc3[N+](=O)[O-])c3cccc1c32. The van der Waals surface area contributed by atoms with Gasteiger partial charge in [-0.3, -0.25) is 20.2 Å². The van der Waals surface area contributed by atoms with Crippen molar-refractivity contribution in [2.75, 3.05) is 9.80 Å². The monoisotopic (exact) mass is 512 g/mol. The molecule has 0 amide bonds. The molecule has 8 nitrogen and oxygen atoms in total. The molecule has 0 radical (unpaired) electrons. The van der Waals surface area contributed by atoms with E-state index in [1.165, 1.54) is 12.1 Å². The fourth-order valence-electron chi connectivity index (χ4n) is 5.95. The van der Waals surface area contributed by atoms with Crippen molar-refractivity contribution in [3.05, 3.63) is 152 Å². The van der Waals surface area contributed by atoms with Gasteiger partial charge in [0.05, 0.1) is 38.3 Å². The third-order valence-electron chi connectivity index (χ3n) is 7.44. The standard InChI is InChI=1S/C31H20N4O4/c36-34(37)24-14-4-2-11-21(24)30-20-10-1-3-13-23(20)33-26-16-6-5-15-25(26)32(29-19-9-12-22(30)31(29)33)27-17-7-8-18-28(27)35(38)39/h1-19,30H. The van der Waals surface area contributed by atoms with Crippen LogP contribution < -0.4 is 9.80 Å². The summed E-state index contributed by atoms with van der Waals surface area (Å²) in [4.78, 5) is 27.6. The molecule has 0 aliphatic carbocycles. The number of hydrogen-bond acceptors (Lipinski definition) is 6. The molecule has 0 spiro atoms. The minimum atomic E-state index is -0.410. The third kappa shape index (κ3) is 3.25. The number of nitro groups is 2. The van der Waals surface area contributed by atoms with Gasteiger partial charge in [-0.05, 0) is 41.5 Å². The average molecular weight is 513 g/mol. The summed E-state index contributed by atoms with van der Waals surface area (Å²) in [5.74, 6) is -0.410. The van der Waals surface area contributed by atoms with Gasteiger partial charge in [0.2, 0.25) is 0 Å². The predicted molar refractivity (Wildman–Crippen MR) is 150 cm³/mol. The van der Waals surface area contributed by atoms with Crippen molar-refractivity contribution >= 4 is 45.5 Å². The van der Waals surface area contributed by atoms with Gasteiger partial charge in [-0.1, -0.05) is 72.8 Å². The quantitative estimate of drug-likeness (QED) is 0.174. The first kappa shape index (κ1) is 22.7. The molecule has 5 aromatic carbocycles. The largest absolute Gasteiger partial charge is 0.306 e. The zero-order valence-electron chi connectivity index (χ0n) is 20.5. The summed E-state index contributed by atoms with van der Waals surface area (Å²) in [6.45, 7) is 0. The molecule has 7 rings (SSSR count). The molecule has 5 aromatic rings. The zero-order valence-corrected chi connectivity index (χ0v) is 20.5. The molecular weight excluding hydrogens is 492 g/mol. The van der Waals surface area contributed by atoms with E-state index in [-0.39, 0.29) is 21.2 Å². The van der Waals surface area contributed by atoms with E-state index in [2.05, 4.69) is 4.90 Å². The maximum Gasteiger partial charge on any atom is 0.293 e. The van der Waals surface area contributed by atoms with Crippen LogP contribution in [0.5, 0.6) is 0 Å². The van der Waals surface area contributed by atoms with Gasteiger partial charge in [-0.2, -0.15) is 0 Å². The lowest BCUT2D eigenvalue weighted by Gasteiger charge is -2.45. The van der Waals surface area contributed by atoms with E-state index < -0.39 is 5.92 Å². The number of nitrogens with zero attached hydrogens (tertiary/aromatic N) is 4. The van der Waals surface area contributed by atoms with Crippen LogP contribution in [0.25, 0.3) is 0 Å². The van der Waals surface area contributed by atoms with E-state index in [0.717, 1.165) is 39.6 Å². The number of nitro benzene ring substituents is 2. The summed E-state index contributed by atoms with van der Waals surface area (Å²) in [5, 5.41) is 24.2. The summed E-state index contributed by atoms with van der Waals surface area (Å²) in [5.41, 5.74) is 7.11. The number of anilines is 6. The Morgan fingerprint density at radius 2 is 0.949 bits per heavy atom. The van der Waals surface area contributed by atoms with Crippen LogP contribution in [0.1, 0.15) is 22.6 Å². The lowest BCUT2D eigenvalue weighted by Crippen LogP contribution is -2.30. The zero-order chi connectivity index (χ0) is 26.7. The number of fused-ring (bicyclic) bond motifs is 4. The summed E-state index contributed by atoms with van der Waals surface area (Å²) in [6, 6.07) is 35.2. The first-order valence-electron chi connectivity index (χ1n) is 12.4. The summed E-state index contributed by atoms with van der Waals surface area (Å²) < 4.78 is 0. The molecule has 1 atom stereocenters. The highest BCUT2D eigenvalue weighted by atomic mass is 16.6. The highest BCUT2D eigenvalue weighted by Crippen LogP contribution is 2.62. The topological polar surface area (TPSA) is 92.8 Å². The van der Waals surface area contributed by atoms with Crippen LogP contribution in [-0.4, -0.2) is 9.85 Å². The van der Waals surface area contributed by atoms with Gasteiger partial charge in [0, 0.05) is 23.6 Å². The second-order valence-electron chi connectivity index (χ2n) is 9.43. The fourth-order valence-corrected chi connectivity index (χ4v) is 5.95. The van der Waals surface area contributed by atoms with Crippen molar-refractivity contribution in [2.45, 2.75) is 5.92 Å². The van der Waals surface area contributed by atoms with Gasteiger partial charge in [-0.25, -0.2) is 0 Å². The fraction of sp³-hybridized carbons (Fsp3) is 0.0323. The molecule has 8 heteroatoms. The van der Waals surface area contributed by atoms with Crippen LogP contribution in [0.4, 0.5) is 45.5 Å². The highest BCUT2D eigenvalue weighted by molar-refractivity contribution is 6.05. The number of rotatable bonds is 4. The predicted octanol–water partition coefficient (Wildman–Crippen LogP) is 8.25. The smallest absolute Gasteiger partial charge is 0.293 e. The molecule has 1 unspecified atom stereocenters. The summed E-state index contributed by atoms with van der Waals surface area (Å²) in [6.07, 6.45) is 0. The molecule has 2 aliphatic rings. The van der Waals surface area contributed by atoms with Crippen LogP contribution in [0.3, 0.4) is 0 Å². The molecule has 0 N–H and O–H groups in total. The first-order valence-corrected chi connectivity index (χ1v) is 12.4. The van der Waals surface area contributed by atoms with Gasteiger partial charge < -0.3 is 9.80 Å². The Hall–Kier alpha value is -5.50. The number of hydrogen-bond donors (Lipinski definition) is 0. The second kappa shape index (κ2) is 8.53. The molecule has 0 saturated heterocycles. The van der Waals surface area contributed by atoms with Gasteiger partial charge in [0.15, 0.2) is 0 Å². The molecule has 0 fully saturated rings. The van der Waals surface area contributed by atoms with E-state index in [0.29, 0.717) is 11.3 Å². The van der Waals surface area contributed by atoms with E-state index >= 15 is 0 Å². The normalized spacial score (nSPS) is 14.7. The maximum atomic E-state index is 12.1. The number of benzene rings is 5. The van der Waals surface area contributed by atoms with Gasteiger partial charge >= 0.3 is 0 Å². The summed E-state index contributed by atoms with van der Waals surface area (Å²) >= 11 is 0. The van der Waals surface area contributed by atoms with Crippen molar-refractivity contribution in [2.24, 2.45) is 0 Å². The molecule has 0 saturated carbocycles. The van der Waals surface area contributed by atoms with Crippen LogP contribution in [0.2, 0.25) is 0 Å². The minimum absolute atomic E-state index is 0.00943. The van der Waals surface area contributed by atoms with E-state index in [1.54, 1.807) is 24.3 Å². The van der Waals surface area contributed by atoms with E-state index in [4.69, 9.17) is 0 Å². The Morgan fingerprint density at radius 1 is 0.462 bits per heavy atom.